The van der Waals surface area contributed by atoms with Gasteiger partial charge in [-0.1, -0.05) is 13.8 Å². The molecular formula is C19H29NO5S. The maximum Gasteiger partial charge on any atom is 0.246 e. The first-order valence-corrected chi connectivity index (χ1v) is 10.3. The van der Waals surface area contributed by atoms with Crippen LogP contribution in [-0.2, 0) is 14.8 Å². The lowest BCUT2D eigenvalue weighted by Gasteiger charge is -2.56. The van der Waals surface area contributed by atoms with Gasteiger partial charge in [-0.2, -0.15) is 4.31 Å². The van der Waals surface area contributed by atoms with E-state index in [2.05, 4.69) is 13.8 Å². The highest BCUT2D eigenvalue weighted by Gasteiger charge is 2.64. The average molecular weight is 384 g/mol. The molecule has 1 aromatic carbocycles. The quantitative estimate of drug-likeness (QED) is 0.756. The molecule has 0 radical (unpaired) electrons. The first-order valence-electron chi connectivity index (χ1n) is 8.83. The maximum absolute atomic E-state index is 13.4. The third kappa shape index (κ3) is 2.80. The molecule has 0 aromatic heterocycles. The van der Waals surface area contributed by atoms with Crippen LogP contribution in [-0.4, -0.2) is 53.7 Å². The number of benzene rings is 1. The number of rotatable bonds is 6. The van der Waals surface area contributed by atoms with Crippen LogP contribution in [0, 0.1) is 23.7 Å². The molecule has 7 heteroatoms. The van der Waals surface area contributed by atoms with Crippen LogP contribution in [0.2, 0.25) is 0 Å². The van der Waals surface area contributed by atoms with E-state index in [0.717, 1.165) is 12.0 Å². The van der Waals surface area contributed by atoms with Crippen LogP contribution in [0.25, 0.3) is 0 Å². The molecule has 1 aliphatic heterocycles. The summed E-state index contributed by atoms with van der Waals surface area (Å²) in [7, 11) is 1.02. The van der Waals surface area contributed by atoms with Gasteiger partial charge in [0, 0.05) is 31.7 Å². The normalized spacial score (nSPS) is 27.7. The molecule has 2 aliphatic rings. The fourth-order valence-electron chi connectivity index (χ4n) is 5.11. The highest BCUT2D eigenvalue weighted by atomic mass is 32.2. The van der Waals surface area contributed by atoms with Crippen LogP contribution in [0.4, 0.5) is 0 Å². The number of methoxy groups -OCH3 is 3. The van der Waals surface area contributed by atoms with Crippen LogP contribution < -0.4 is 9.47 Å². The van der Waals surface area contributed by atoms with Crippen molar-refractivity contribution in [3.8, 4) is 11.5 Å². The third-order valence-electron chi connectivity index (χ3n) is 6.10. The Labute approximate surface area is 156 Å². The van der Waals surface area contributed by atoms with Crippen molar-refractivity contribution in [2.45, 2.75) is 32.1 Å². The molecule has 6 nitrogen and oxygen atoms in total. The Kier molecular flexibility index (Phi) is 4.78. The molecule has 1 aromatic rings. The first kappa shape index (κ1) is 19.5. The number of sulfonamides is 1. The van der Waals surface area contributed by atoms with Gasteiger partial charge in [0.05, 0.1) is 20.8 Å². The lowest BCUT2D eigenvalue weighted by Crippen LogP contribution is -2.55. The van der Waals surface area contributed by atoms with Gasteiger partial charge < -0.3 is 14.2 Å². The summed E-state index contributed by atoms with van der Waals surface area (Å²) in [5.41, 5.74) is 0.868. The zero-order chi connectivity index (χ0) is 19.3. The van der Waals surface area contributed by atoms with Gasteiger partial charge in [-0.05, 0) is 36.3 Å². The van der Waals surface area contributed by atoms with Gasteiger partial charge in [0.15, 0.2) is 0 Å². The lowest BCUT2D eigenvalue weighted by molar-refractivity contribution is -0.106. The van der Waals surface area contributed by atoms with E-state index in [1.165, 1.54) is 14.2 Å². The Hall–Kier alpha value is -1.31. The molecule has 146 valence electrons. The van der Waals surface area contributed by atoms with Crippen LogP contribution in [0.15, 0.2) is 17.0 Å². The minimum Gasteiger partial charge on any atom is -0.496 e. The minimum atomic E-state index is -3.69. The van der Waals surface area contributed by atoms with Gasteiger partial charge in [-0.15, -0.1) is 0 Å². The molecule has 1 heterocycles. The van der Waals surface area contributed by atoms with Gasteiger partial charge in [-0.3, -0.25) is 0 Å². The summed E-state index contributed by atoms with van der Waals surface area (Å²) in [6, 6.07) is 3.28. The monoisotopic (exact) mass is 383 g/mol. The maximum atomic E-state index is 13.4. The molecule has 0 spiro atoms. The van der Waals surface area contributed by atoms with Crippen molar-refractivity contribution in [3.63, 3.8) is 0 Å². The lowest BCUT2D eigenvalue weighted by atomic mass is 9.48. The summed E-state index contributed by atoms with van der Waals surface area (Å²) >= 11 is 0. The number of nitrogens with zero attached hydrogens (tertiary/aromatic N) is 1. The zero-order valence-electron chi connectivity index (χ0n) is 16.5. The Morgan fingerprint density at radius 3 is 2.35 bits per heavy atom. The molecule has 0 amide bonds. The summed E-state index contributed by atoms with van der Waals surface area (Å²) in [5, 5.41) is 0. The van der Waals surface area contributed by atoms with Crippen molar-refractivity contribution >= 4 is 10.0 Å². The number of fused-ring (bicyclic) bond motifs is 1. The number of hydrogen-bond acceptors (Lipinski definition) is 5. The minimum absolute atomic E-state index is 0.0899. The molecule has 0 N–H and O–H groups in total. The fraction of sp³-hybridized carbons (Fsp3) is 0.684. The molecule has 0 unspecified atom stereocenters. The second-order valence-corrected chi connectivity index (χ2v) is 10.2. The summed E-state index contributed by atoms with van der Waals surface area (Å²) in [6.45, 7) is 7.86. The molecule has 3 rings (SSSR count). The smallest absolute Gasteiger partial charge is 0.246 e. The van der Waals surface area contributed by atoms with Crippen LogP contribution in [0.5, 0.6) is 11.5 Å². The van der Waals surface area contributed by atoms with Crippen molar-refractivity contribution in [1.82, 2.24) is 4.31 Å². The van der Waals surface area contributed by atoms with Crippen molar-refractivity contribution in [2.75, 3.05) is 41.0 Å². The van der Waals surface area contributed by atoms with Gasteiger partial charge in [-0.25, -0.2) is 8.42 Å². The molecule has 26 heavy (non-hydrogen) atoms. The summed E-state index contributed by atoms with van der Waals surface area (Å²) in [6.07, 6.45) is 0.971. The third-order valence-corrected chi connectivity index (χ3v) is 7.93. The van der Waals surface area contributed by atoms with Crippen molar-refractivity contribution in [2.24, 2.45) is 16.7 Å². The van der Waals surface area contributed by atoms with E-state index >= 15 is 0 Å². The number of ether oxygens (including phenoxy) is 3. The molecule has 2 atom stereocenters. The van der Waals surface area contributed by atoms with Crippen LogP contribution in [0.3, 0.4) is 0 Å². The summed E-state index contributed by atoms with van der Waals surface area (Å²) in [4.78, 5) is 0.161. The topological polar surface area (TPSA) is 65.1 Å². The van der Waals surface area contributed by atoms with Gasteiger partial charge in [0.25, 0.3) is 0 Å². The Balaban J connectivity index is 2.00. The molecule has 1 saturated heterocycles. The van der Waals surface area contributed by atoms with Crippen molar-refractivity contribution in [1.29, 1.82) is 0 Å². The van der Waals surface area contributed by atoms with E-state index in [1.807, 2.05) is 6.92 Å². The summed E-state index contributed by atoms with van der Waals surface area (Å²) < 4.78 is 44.6. The number of aryl methyl sites for hydroxylation is 1. The van der Waals surface area contributed by atoms with E-state index in [4.69, 9.17) is 14.2 Å². The van der Waals surface area contributed by atoms with E-state index in [1.54, 1.807) is 23.5 Å². The average Bonchev–Trinajstić information content (AvgIpc) is 2.90. The summed E-state index contributed by atoms with van der Waals surface area (Å²) in [5.74, 6) is 1.18. The predicted octanol–water partition coefficient (Wildman–Crippen LogP) is 2.70. The standard InChI is InChI=1S/C19H29NO5S/c1-13-7-15(25-6)16(8-14(13)24-5)26(21,22)20-9-17-18(2,3)10-19(17,11-20)12-23-4/h7-8,17H,9-12H2,1-6H3/t17-,19-/m1/s1. The fourth-order valence-corrected chi connectivity index (χ4v) is 6.81. The van der Waals surface area contributed by atoms with E-state index < -0.39 is 10.0 Å². The Bertz CT molecular complexity index is 804. The van der Waals surface area contributed by atoms with Gasteiger partial charge in [0.2, 0.25) is 10.0 Å². The van der Waals surface area contributed by atoms with Crippen LogP contribution >= 0.6 is 0 Å². The highest BCUT2D eigenvalue weighted by Crippen LogP contribution is 2.63. The second-order valence-electron chi connectivity index (χ2n) is 8.28. The Morgan fingerprint density at radius 1 is 1.15 bits per heavy atom. The second kappa shape index (κ2) is 6.39. The molecule has 1 aliphatic carbocycles. The van der Waals surface area contributed by atoms with Crippen molar-refractivity contribution in [3.05, 3.63) is 17.7 Å². The van der Waals surface area contributed by atoms with E-state index in [9.17, 15) is 8.42 Å². The van der Waals surface area contributed by atoms with E-state index in [-0.39, 0.29) is 15.7 Å². The molecular weight excluding hydrogens is 354 g/mol. The molecule has 0 bridgehead atoms. The first-order chi connectivity index (χ1) is 12.1. The van der Waals surface area contributed by atoms with Gasteiger partial charge >= 0.3 is 0 Å². The zero-order valence-corrected chi connectivity index (χ0v) is 17.3. The van der Waals surface area contributed by atoms with Gasteiger partial charge in [0.1, 0.15) is 16.4 Å². The number of hydrogen-bond donors (Lipinski definition) is 0. The predicted molar refractivity (Wildman–Crippen MR) is 99.2 cm³/mol. The van der Waals surface area contributed by atoms with Crippen molar-refractivity contribution < 1.29 is 22.6 Å². The largest absolute Gasteiger partial charge is 0.496 e. The van der Waals surface area contributed by atoms with E-state index in [0.29, 0.717) is 37.1 Å². The SMILES string of the molecule is COC[C@@]12CN(S(=O)(=O)c3cc(OC)c(C)cc3OC)C[C@@H]1C(C)(C)C2. The Morgan fingerprint density at radius 2 is 1.81 bits per heavy atom. The molecule has 2 fully saturated rings. The molecule has 1 saturated carbocycles. The van der Waals surface area contributed by atoms with Crippen LogP contribution in [0.1, 0.15) is 25.8 Å². The highest BCUT2D eigenvalue weighted by molar-refractivity contribution is 7.89.